The molecule has 0 saturated heterocycles. The van der Waals surface area contributed by atoms with E-state index >= 15 is 0 Å². The number of phenols is 2. The molecule has 3 N–H and O–H groups in total. The maximum Gasteiger partial charge on any atom is 0.281 e. The van der Waals surface area contributed by atoms with E-state index in [1.54, 1.807) is 6.07 Å². The van der Waals surface area contributed by atoms with Crippen LogP contribution in [-0.4, -0.2) is 22.3 Å². The minimum Gasteiger partial charge on any atom is -0.504 e. The van der Waals surface area contributed by atoms with Crippen LogP contribution in [0, 0.1) is 5.92 Å². The van der Waals surface area contributed by atoms with E-state index in [9.17, 15) is 15.0 Å². The number of fused-ring (bicyclic) bond motifs is 1. The summed E-state index contributed by atoms with van der Waals surface area (Å²) in [5.41, 5.74) is 4.37. The largest absolute Gasteiger partial charge is 0.504 e. The van der Waals surface area contributed by atoms with E-state index < -0.39 is 0 Å². The molecule has 1 aliphatic rings. The first-order valence-electron chi connectivity index (χ1n) is 7.50. The smallest absolute Gasteiger partial charge is 0.281 e. The van der Waals surface area contributed by atoms with Crippen LogP contribution in [0.15, 0.2) is 29.4 Å². The fourth-order valence-corrected chi connectivity index (χ4v) is 3.76. The number of hydrogen-bond acceptors (Lipinski definition) is 5. The van der Waals surface area contributed by atoms with E-state index in [1.165, 1.54) is 46.5 Å². The first-order valence-corrected chi connectivity index (χ1v) is 8.31. The average Bonchev–Trinajstić information content (AvgIpc) is 2.94. The Morgan fingerprint density at radius 1 is 1.35 bits per heavy atom. The Kier molecular flexibility index (Phi) is 4.34. The second-order valence-electron chi connectivity index (χ2n) is 5.85. The van der Waals surface area contributed by atoms with Gasteiger partial charge < -0.3 is 10.2 Å². The monoisotopic (exact) mass is 330 g/mol. The molecule has 6 heteroatoms. The molecule has 0 saturated carbocycles. The number of carbonyl (C=O) groups excluding carboxylic acids is 1. The van der Waals surface area contributed by atoms with Crippen LogP contribution in [0.5, 0.6) is 11.5 Å². The van der Waals surface area contributed by atoms with Gasteiger partial charge in [-0.1, -0.05) is 6.92 Å². The van der Waals surface area contributed by atoms with Crippen LogP contribution in [-0.2, 0) is 12.8 Å². The van der Waals surface area contributed by atoms with Gasteiger partial charge in [-0.3, -0.25) is 4.79 Å². The topological polar surface area (TPSA) is 81.9 Å². The predicted octanol–water partition coefficient (Wildman–Crippen LogP) is 3.05. The minimum absolute atomic E-state index is 0.190. The van der Waals surface area contributed by atoms with Crippen molar-refractivity contribution in [2.75, 3.05) is 0 Å². The zero-order valence-electron chi connectivity index (χ0n) is 12.7. The molecule has 23 heavy (non-hydrogen) atoms. The van der Waals surface area contributed by atoms with Crippen molar-refractivity contribution in [1.29, 1.82) is 0 Å². The highest BCUT2D eigenvalue weighted by atomic mass is 32.1. The molecule has 0 spiro atoms. The zero-order chi connectivity index (χ0) is 16.4. The number of nitrogens with one attached hydrogen (secondary N) is 1. The summed E-state index contributed by atoms with van der Waals surface area (Å²) in [7, 11) is 0. The Morgan fingerprint density at radius 2 is 2.17 bits per heavy atom. The summed E-state index contributed by atoms with van der Waals surface area (Å²) in [6.45, 7) is 2.23. The maximum atomic E-state index is 12.2. The molecule has 0 unspecified atom stereocenters. The molecule has 1 aromatic heterocycles. The highest BCUT2D eigenvalue weighted by Gasteiger charge is 2.20. The summed E-state index contributed by atoms with van der Waals surface area (Å²) in [5.74, 6) is 0.0365. The zero-order valence-corrected chi connectivity index (χ0v) is 13.6. The van der Waals surface area contributed by atoms with Crippen LogP contribution >= 0.6 is 11.3 Å². The fourth-order valence-electron chi connectivity index (χ4n) is 2.66. The first-order chi connectivity index (χ1) is 11.0. The Morgan fingerprint density at radius 3 is 2.96 bits per heavy atom. The second kappa shape index (κ2) is 6.42. The van der Waals surface area contributed by atoms with Crippen molar-refractivity contribution < 1.29 is 15.0 Å². The molecule has 1 atom stereocenters. The molecular weight excluding hydrogens is 312 g/mol. The van der Waals surface area contributed by atoms with Crippen molar-refractivity contribution in [3.05, 3.63) is 45.1 Å². The number of nitrogens with zero attached hydrogens (tertiary/aromatic N) is 1. The van der Waals surface area contributed by atoms with Gasteiger partial charge in [-0.15, -0.1) is 11.3 Å². The molecule has 2 aromatic rings. The van der Waals surface area contributed by atoms with Crippen molar-refractivity contribution in [3.63, 3.8) is 0 Å². The molecule has 5 nitrogen and oxygen atoms in total. The Labute approximate surface area is 138 Å². The molecule has 3 rings (SSSR count). The van der Waals surface area contributed by atoms with Gasteiger partial charge in [0.1, 0.15) is 0 Å². The Bertz CT molecular complexity index is 767. The quantitative estimate of drug-likeness (QED) is 0.459. The standard InChI is InChI=1S/C17H18N2O3S/c1-10-2-5-15-12(6-10)8-16(23-15)17(22)19-18-9-11-3-4-13(20)14(21)7-11/h3-4,7-10,20-21H,2,5-6H2,1H3,(H,19,22)/b18-9+/t10-/m0/s1. The molecule has 0 bridgehead atoms. The van der Waals surface area contributed by atoms with Crippen LogP contribution < -0.4 is 5.43 Å². The number of hydrazone groups is 1. The van der Waals surface area contributed by atoms with Gasteiger partial charge in [-0.25, -0.2) is 5.43 Å². The summed E-state index contributed by atoms with van der Waals surface area (Å²) < 4.78 is 0. The van der Waals surface area contributed by atoms with E-state index in [0.717, 1.165) is 12.8 Å². The molecule has 1 aliphatic carbocycles. The van der Waals surface area contributed by atoms with E-state index in [-0.39, 0.29) is 17.4 Å². The normalized spacial score (nSPS) is 17.2. The van der Waals surface area contributed by atoms with Crippen molar-refractivity contribution in [2.24, 2.45) is 11.0 Å². The van der Waals surface area contributed by atoms with Gasteiger partial charge in [-0.2, -0.15) is 5.10 Å². The number of amides is 1. The number of phenolic OH excluding ortho intramolecular Hbond substituents is 2. The van der Waals surface area contributed by atoms with Crippen LogP contribution in [0.4, 0.5) is 0 Å². The van der Waals surface area contributed by atoms with E-state index in [2.05, 4.69) is 17.5 Å². The highest BCUT2D eigenvalue weighted by Crippen LogP contribution is 2.32. The molecule has 1 heterocycles. The lowest BCUT2D eigenvalue weighted by atomic mass is 9.90. The number of carbonyl (C=O) groups is 1. The summed E-state index contributed by atoms with van der Waals surface area (Å²) in [6.07, 6.45) is 4.68. The van der Waals surface area contributed by atoms with Gasteiger partial charge in [0.2, 0.25) is 0 Å². The summed E-state index contributed by atoms with van der Waals surface area (Å²) in [5, 5.41) is 22.5. The van der Waals surface area contributed by atoms with Gasteiger partial charge in [-0.05, 0) is 60.6 Å². The van der Waals surface area contributed by atoms with Crippen molar-refractivity contribution in [3.8, 4) is 11.5 Å². The fraction of sp³-hybridized carbons (Fsp3) is 0.294. The van der Waals surface area contributed by atoms with E-state index in [1.807, 2.05) is 6.07 Å². The molecule has 120 valence electrons. The molecule has 1 amide bonds. The van der Waals surface area contributed by atoms with Gasteiger partial charge in [0.25, 0.3) is 5.91 Å². The second-order valence-corrected chi connectivity index (χ2v) is 6.99. The van der Waals surface area contributed by atoms with E-state index in [0.29, 0.717) is 16.4 Å². The molecule has 0 aliphatic heterocycles. The third-order valence-electron chi connectivity index (χ3n) is 3.93. The van der Waals surface area contributed by atoms with Crippen LogP contribution in [0.1, 0.15) is 39.0 Å². The predicted molar refractivity (Wildman–Crippen MR) is 90.3 cm³/mol. The number of benzene rings is 1. The summed E-state index contributed by atoms with van der Waals surface area (Å²) >= 11 is 1.54. The molecule has 0 fully saturated rings. The lowest BCUT2D eigenvalue weighted by molar-refractivity contribution is 0.0959. The third-order valence-corrected chi connectivity index (χ3v) is 5.17. The van der Waals surface area contributed by atoms with Crippen molar-refractivity contribution >= 4 is 23.5 Å². The van der Waals surface area contributed by atoms with Gasteiger partial charge in [0.15, 0.2) is 11.5 Å². The number of hydrogen-bond donors (Lipinski definition) is 3. The Hall–Kier alpha value is -2.34. The van der Waals surface area contributed by atoms with Crippen molar-refractivity contribution in [1.82, 2.24) is 5.43 Å². The average molecular weight is 330 g/mol. The van der Waals surface area contributed by atoms with Crippen molar-refractivity contribution in [2.45, 2.75) is 26.2 Å². The summed E-state index contributed by atoms with van der Waals surface area (Å²) in [4.78, 5) is 14.1. The van der Waals surface area contributed by atoms with Gasteiger partial charge in [0, 0.05) is 4.88 Å². The molecule has 0 radical (unpaired) electrons. The van der Waals surface area contributed by atoms with E-state index in [4.69, 9.17) is 0 Å². The van der Waals surface area contributed by atoms with Gasteiger partial charge in [0.05, 0.1) is 11.1 Å². The number of aryl methyl sites for hydroxylation is 1. The number of thiophene rings is 1. The lowest BCUT2D eigenvalue weighted by Gasteiger charge is -2.16. The third kappa shape index (κ3) is 3.53. The molecule has 1 aromatic carbocycles. The first kappa shape index (κ1) is 15.6. The van der Waals surface area contributed by atoms with Crippen LogP contribution in [0.2, 0.25) is 0 Å². The minimum atomic E-state index is -0.226. The summed E-state index contributed by atoms with van der Waals surface area (Å²) in [6, 6.07) is 6.30. The van der Waals surface area contributed by atoms with Crippen LogP contribution in [0.3, 0.4) is 0 Å². The Balaban J connectivity index is 1.65. The SMILES string of the molecule is C[C@H]1CCc2sc(C(=O)N/N=C/c3ccc(O)c(O)c3)cc2C1. The number of aromatic hydroxyl groups is 2. The van der Waals surface area contributed by atoms with Gasteiger partial charge >= 0.3 is 0 Å². The molecular formula is C17H18N2O3S. The lowest BCUT2D eigenvalue weighted by Crippen LogP contribution is -2.16. The highest BCUT2D eigenvalue weighted by molar-refractivity contribution is 7.14. The number of rotatable bonds is 3. The van der Waals surface area contributed by atoms with Crippen LogP contribution in [0.25, 0.3) is 0 Å². The maximum absolute atomic E-state index is 12.2.